The lowest BCUT2D eigenvalue weighted by atomic mass is 10.6. The maximum atomic E-state index is 6.00. The van der Waals surface area contributed by atoms with E-state index in [-0.39, 0.29) is 0 Å². The van der Waals surface area contributed by atoms with Crippen LogP contribution in [0.3, 0.4) is 0 Å². The van der Waals surface area contributed by atoms with Gasteiger partial charge in [-0.25, -0.2) is 0 Å². The molecule has 0 spiro atoms. The van der Waals surface area contributed by atoms with Gasteiger partial charge in [0.15, 0.2) is 0 Å². The van der Waals surface area contributed by atoms with Crippen LogP contribution in [0.5, 0.6) is 0 Å². The normalized spacial score (nSPS) is 15.1. The molecule has 1 aliphatic rings. The van der Waals surface area contributed by atoms with Gasteiger partial charge in [-0.05, 0) is 0 Å². The van der Waals surface area contributed by atoms with Gasteiger partial charge < -0.3 is 4.74 Å². The van der Waals surface area contributed by atoms with Crippen molar-refractivity contribution in [1.29, 1.82) is 10.8 Å². The molecule has 38 valence electrons. The number of hydrogen-bond donors (Lipinski definition) is 0. The van der Waals surface area contributed by atoms with Crippen LogP contribution in [0.1, 0.15) is 0 Å². The van der Waals surface area contributed by atoms with Crippen molar-refractivity contribution >= 4 is 0 Å². The van der Waals surface area contributed by atoms with E-state index < -0.39 is 0 Å². The molecular weight excluding hydrogens is 92.1 g/mol. The van der Waals surface area contributed by atoms with Crippen LogP contribution < -0.4 is 0 Å². The molecule has 1 rings (SSSR count). The van der Waals surface area contributed by atoms with Crippen molar-refractivity contribution in [3.05, 3.63) is 12.2 Å². The summed E-state index contributed by atoms with van der Waals surface area (Å²) in [5.41, 5.74) is 0. The molecule has 0 N–H and O–H groups in total. The largest absolute Gasteiger partial charge is 0.373 e. The van der Waals surface area contributed by atoms with Gasteiger partial charge in [0, 0.05) is 10.8 Å². The van der Waals surface area contributed by atoms with Crippen LogP contribution in [-0.2, 0) is 4.74 Å². The van der Waals surface area contributed by atoms with E-state index in [0.717, 1.165) is 13.2 Å². The van der Waals surface area contributed by atoms with E-state index in [1.165, 1.54) is 0 Å². The molecule has 0 fully saturated rings. The molecule has 7 heavy (non-hydrogen) atoms. The molecule has 0 radical (unpaired) electrons. The molecule has 0 saturated heterocycles. The standard InChI is InChI=1S/C4H6O.N2/c1-2-4-5-3-1;1-2/h1-2H,3-4H2;. The van der Waals surface area contributed by atoms with E-state index in [1.54, 1.807) is 0 Å². The Morgan fingerprint density at radius 3 is 1.71 bits per heavy atom. The van der Waals surface area contributed by atoms with Gasteiger partial charge >= 0.3 is 0 Å². The summed E-state index contributed by atoms with van der Waals surface area (Å²) in [5, 5.41) is 12.0. The third kappa shape index (κ3) is 2.94. The van der Waals surface area contributed by atoms with Crippen LogP contribution in [0.15, 0.2) is 12.2 Å². The van der Waals surface area contributed by atoms with Gasteiger partial charge in [-0.3, -0.25) is 0 Å². The highest BCUT2D eigenvalue weighted by molar-refractivity contribution is 4.86. The zero-order valence-electron chi connectivity index (χ0n) is 3.87. The Labute approximate surface area is 42.0 Å². The van der Waals surface area contributed by atoms with E-state index in [9.17, 15) is 0 Å². The Morgan fingerprint density at radius 2 is 1.57 bits per heavy atom. The second-order valence-electron chi connectivity index (χ2n) is 1.01. The average Bonchev–Trinajstić information content (AvgIpc) is 2.23. The van der Waals surface area contributed by atoms with Crippen molar-refractivity contribution in [1.82, 2.24) is 0 Å². The summed E-state index contributed by atoms with van der Waals surface area (Å²) in [6, 6.07) is 0. The van der Waals surface area contributed by atoms with Crippen molar-refractivity contribution in [2.45, 2.75) is 0 Å². The lowest BCUT2D eigenvalue weighted by Crippen LogP contribution is -1.76. The molecular formula is C4H6N2O. The lowest BCUT2D eigenvalue weighted by Gasteiger charge is -1.77. The SMILES string of the molecule is C1=CCOC1.N#N. The maximum Gasteiger partial charge on any atom is 0.0652 e. The van der Waals surface area contributed by atoms with Crippen LogP contribution >= 0.6 is 0 Å². The van der Waals surface area contributed by atoms with Crippen molar-refractivity contribution in [3.63, 3.8) is 0 Å². The predicted molar refractivity (Wildman–Crippen MR) is 23.4 cm³/mol. The van der Waals surface area contributed by atoms with Gasteiger partial charge in [0.25, 0.3) is 0 Å². The second kappa shape index (κ2) is 5.12. The van der Waals surface area contributed by atoms with E-state index in [2.05, 4.69) is 0 Å². The fourth-order valence-corrected chi connectivity index (χ4v) is 0.340. The summed E-state index contributed by atoms with van der Waals surface area (Å²) in [5.74, 6) is 0. The summed E-state index contributed by atoms with van der Waals surface area (Å²) < 4.78 is 4.83. The molecule has 0 aromatic heterocycles. The molecule has 1 aliphatic heterocycles. The van der Waals surface area contributed by atoms with Gasteiger partial charge in [0.1, 0.15) is 0 Å². The highest BCUT2D eigenvalue weighted by Gasteiger charge is 1.83. The first-order valence-corrected chi connectivity index (χ1v) is 1.93. The van der Waals surface area contributed by atoms with Gasteiger partial charge in [0.2, 0.25) is 0 Å². The molecule has 0 unspecified atom stereocenters. The molecule has 0 aromatic rings. The Morgan fingerprint density at radius 1 is 1.14 bits per heavy atom. The van der Waals surface area contributed by atoms with Crippen molar-refractivity contribution in [2.24, 2.45) is 0 Å². The lowest BCUT2D eigenvalue weighted by molar-refractivity contribution is 0.213. The zero-order chi connectivity index (χ0) is 5.54. The molecule has 1 heterocycles. The highest BCUT2D eigenvalue weighted by Crippen LogP contribution is 1.85. The van der Waals surface area contributed by atoms with E-state index >= 15 is 0 Å². The molecule has 0 aliphatic carbocycles. The Balaban J connectivity index is 0.000000162. The summed E-state index contributed by atoms with van der Waals surface area (Å²) in [6.07, 6.45) is 4.03. The number of hydrogen-bond acceptors (Lipinski definition) is 3. The highest BCUT2D eigenvalue weighted by atomic mass is 16.5. The van der Waals surface area contributed by atoms with Crippen molar-refractivity contribution in [2.75, 3.05) is 13.2 Å². The number of rotatable bonds is 0. The molecule has 0 atom stereocenters. The summed E-state index contributed by atoms with van der Waals surface area (Å²) >= 11 is 0. The van der Waals surface area contributed by atoms with Gasteiger partial charge in [-0.15, -0.1) is 0 Å². The predicted octanol–water partition coefficient (Wildman–Crippen LogP) is 0.603. The minimum absolute atomic E-state index is 0.819. The minimum atomic E-state index is 0.819. The molecule has 0 saturated carbocycles. The van der Waals surface area contributed by atoms with Gasteiger partial charge in [-0.1, -0.05) is 12.2 Å². The Kier molecular flexibility index (Phi) is 4.48. The van der Waals surface area contributed by atoms with Crippen LogP contribution in [-0.4, -0.2) is 13.2 Å². The molecule has 3 nitrogen and oxygen atoms in total. The molecule has 3 heteroatoms. The first kappa shape index (κ1) is 6.12. The average molecular weight is 98.1 g/mol. The Hall–Kier alpha value is -0.880. The van der Waals surface area contributed by atoms with E-state index in [1.807, 2.05) is 12.2 Å². The van der Waals surface area contributed by atoms with Crippen molar-refractivity contribution < 1.29 is 4.74 Å². The summed E-state index contributed by atoms with van der Waals surface area (Å²) in [4.78, 5) is 0. The fourth-order valence-electron chi connectivity index (χ4n) is 0.340. The summed E-state index contributed by atoms with van der Waals surface area (Å²) in [7, 11) is 0. The summed E-state index contributed by atoms with van der Waals surface area (Å²) in [6.45, 7) is 1.64. The number of nitrogens with zero attached hydrogens (tertiary/aromatic N) is 2. The van der Waals surface area contributed by atoms with Gasteiger partial charge in [0.05, 0.1) is 13.2 Å². The Bertz CT molecular complexity index is 71.0. The van der Waals surface area contributed by atoms with Crippen LogP contribution in [0, 0.1) is 10.8 Å². The second-order valence-corrected chi connectivity index (χ2v) is 1.01. The molecule has 0 aromatic carbocycles. The molecule has 0 bridgehead atoms. The van der Waals surface area contributed by atoms with Crippen molar-refractivity contribution in [3.8, 4) is 0 Å². The maximum absolute atomic E-state index is 6.00. The van der Waals surface area contributed by atoms with Crippen LogP contribution in [0.25, 0.3) is 0 Å². The third-order valence-electron chi connectivity index (χ3n) is 0.595. The fraction of sp³-hybridized carbons (Fsp3) is 0.500. The van der Waals surface area contributed by atoms with Crippen LogP contribution in [0.4, 0.5) is 0 Å². The zero-order valence-corrected chi connectivity index (χ0v) is 3.87. The van der Waals surface area contributed by atoms with Gasteiger partial charge in [-0.2, -0.15) is 0 Å². The quantitative estimate of drug-likeness (QED) is 0.329. The van der Waals surface area contributed by atoms with Crippen LogP contribution in [0.2, 0.25) is 0 Å². The van der Waals surface area contributed by atoms with E-state index in [4.69, 9.17) is 15.5 Å². The van der Waals surface area contributed by atoms with E-state index in [0.29, 0.717) is 0 Å². The first-order valence-electron chi connectivity index (χ1n) is 1.93. The minimum Gasteiger partial charge on any atom is -0.373 e. The topological polar surface area (TPSA) is 56.8 Å². The number of ether oxygens (including phenoxy) is 1. The third-order valence-corrected chi connectivity index (χ3v) is 0.595. The molecule has 0 amide bonds. The first-order chi connectivity index (χ1) is 3.50. The monoisotopic (exact) mass is 98.0 g/mol. The smallest absolute Gasteiger partial charge is 0.0652 e.